The number of carbonyl (C=O) groups is 1. The van der Waals surface area contributed by atoms with E-state index < -0.39 is 5.97 Å². The van der Waals surface area contributed by atoms with E-state index >= 15 is 0 Å². The number of carbonyl (C=O) groups excluding carboxylic acids is 1. The summed E-state index contributed by atoms with van der Waals surface area (Å²) in [7, 11) is 0. The molecule has 0 aliphatic rings. The molecule has 3 aromatic rings. The molecule has 0 spiro atoms. The van der Waals surface area contributed by atoms with Gasteiger partial charge in [-0.25, -0.2) is 9.78 Å². The van der Waals surface area contributed by atoms with E-state index in [2.05, 4.69) is 31.8 Å². The largest absolute Gasteiger partial charge is 0.462 e. The number of rotatable bonds is 6. The maximum absolute atomic E-state index is 12.7. The average Bonchev–Trinajstić information content (AvgIpc) is 3.04. The Labute approximate surface area is 171 Å². The molecule has 0 fully saturated rings. The van der Waals surface area contributed by atoms with Gasteiger partial charge in [0.15, 0.2) is 0 Å². The van der Waals surface area contributed by atoms with E-state index in [-0.39, 0.29) is 18.4 Å². The number of benzene rings is 1. The minimum Gasteiger partial charge on any atom is -0.462 e. The third-order valence-electron chi connectivity index (χ3n) is 4.71. The van der Waals surface area contributed by atoms with Gasteiger partial charge in [-0.2, -0.15) is 5.26 Å². The predicted octanol–water partition coefficient (Wildman–Crippen LogP) is 4.78. The number of fused-ring (bicyclic) bond motifs is 1. The molecule has 6 nitrogen and oxygen atoms in total. The molecule has 0 amide bonds. The summed E-state index contributed by atoms with van der Waals surface area (Å²) < 4.78 is 7.26. The second-order valence-electron chi connectivity index (χ2n) is 8.13. The summed E-state index contributed by atoms with van der Waals surface area (Å²) in [4.78, 5) is 22.0. The maximum atomic E-state index is 12.7. The lowest BCUT2D eigenvalue weighted by atomic mass is 9.92. The van der Waals surface area contributed by atoms with E-state index in [1.807, 2.05) is 34.9 Å². The zero-order chi connectivity index (χ0) is 21.0. The third-order valence-corrected chi connectivity index (χ3v) is 4.71. The van der Waals surface area contributed by atoms with Gasteiger partial charge in [0.25, 0.3) is 0 Å². The number of hydrogen-bond donors (Lipinski definition) is 0. The van der Waals surface area contributed by atoms with Crippen LogP contribution in [0.25, 0.3) is 22.3 Å². The lowest BCUT2D eigenvalue weighted by Crippen LogP contribution is -2.14. The second kappa shape index (κ2) is 8.44. The van der Waals surface area contributed by atoms with E-state index in [0.29, 0.717) is 34.7 Å². The fourth-order valence-electron chi connectivity index (χ4n) is 3.25. The molecule has 0 aliphatic heterocycles. The van der Waals surface area contributed by atoms with Crippen molar-refractivity contribution in [3.8, 4) is 17.3 Å². The molecule has 2 heterocycles. The highest BCUT2D eigenvalue weighted by atomic mass is 16.5. The highest BCUT2D eigenvalue weighted by Crippen LogP contribution is 2.31. The first-order valence-corrected chi connectivity index (χ1v) is 9.83. The summed E-state index contributed by atoms with van der Waals surface area (Å²) in [5.41, 5.74) is 3.40. The molecular weight excluding hydrogens is 364 g/mol. The van der Waals surface area contributed by atoms with Crippen LogP contribution < -0.4 is 0 Å². The van der Waals surface area contributed by atoms with Crippen molar-refractivity contribution in [3.63, 3.8) is 0 Å². The van der Waals surface area contributed by atoms with Gasteiger partial charge < -0.3 is 9.30 Å². The Morgan fingerprint density at radius 1 is 1.24 bits per heavy atom. The molecule has 0 aliphatic carbocycles. The molecule has 1 aromatic carbocycles. The zero-order valence-corrected chi connectivity index (χ0v) is 17.4. The van der Waals surface area contributed by atoms with Gasteiger partial charge in [-0.05, 0) is 18.8 Å². The van der Waals surface area contributed by atoms with Crippen LogP contribution in [-0.4, -0.2) is 27.1 Å². The van der Waals surface area contributed by atoms with E-state index in [0.717, 1.165) is 12.0 Å². The summed E-state index contributed by atoms with van der Waals surface area (Å²) >= 11 is 0. The van der Waals surface area contributed by atoms with Crippen LogP contribution in [0.4, 0.5) is 0 Å². The summed E-state index contributed by atoms with van der Waals surface area (Å²) in [6.07, 6.45) is 2.60. The minimum atomic E-state index is -0.426. The Morgan fingerprint density at radius 2 is 1.97 bits per heavy atom. The van der Waals surface area contributed by atoms with E-state index in [1.165, 1.54) is 0 Å². The average molecular weight is 390 g/mol. The fourth-order valence-corrected chi connectivity index (χ4v) is 3.25. The standard InChI is InChI=1S/C23H26N4O2/c1-5-29-22(28)17-15-25-19(16-9-7-6-8-10-16)20-21(17)27(14-12-23(2,3)4)18(26-20)11-13-24/h6-10,15H,5,11-12,14H2,1-4H3. The zero-order valence-electron chi connectivity index (χ0n) is 17.4. The highest BCUT2D eigenvalue weighted by Gasteiger charge is 2.24. The van der Waals surface area contributed by atoms with Crippen molar-refractivity contribution in [2.45, 2.75) is 47.1 Å². The van der Waals surface area contributed by atoms with Crippen molar-refractivity contribution in [2.75, 3.05) is 6.61 Å². The molecule has 29 heavy (non-hydrogen) atoms. The van der Waals surface area contributed by atoms with Crippen molar-refractivity contribution in [1.82, 2.24) is 14.5 Å². The number of hydrogen-bond acceptors (Lipinski definition) is 5. The van der Waals surface area contributed by atoms with Crippen molar-refractivity contribution in [3.05, 3.63) is 47.9 Å². The number of esters is 1. The summed E-state index contributed by atoms with van der Waals surface area (Å²) in [6.45, 7) is 9.21. The van der Waals surface area contributed by atoms with E-state index in [1.54, 1.807) is 13.1 Å². The van der Waals surface area contributed by atoms with Gasteiger partial charge >= 0.3 is 5.97 Å². The summed E-state index contributed by atoms with van der Waals surface area (Å²) in [5, 5.41) is 9.34. The lowest BCUT2D eigenvalue weighted by molar-refractivity contribution is 0.0527. The number of imidazole rings is 1. The van der Waals surface area contributed by atoms with E-state index in [9.17, 15) is 10.1 Å². The normalized spacial score (nSPS) is 11.4. The van der Waals surface area contributed by atoms with Crippen LogP contribution in [0.15, 0.2) is 36.5 Å². The SMILES string of the molecule is CCOC(=O)c1cnc(-c2ccccc2)c2nc(CC#N)n(CCC(C)(C)C)c12. The monoisotopic (exact) mass is 390 g/mol. The molecule has 0 N–H and O–H groups in total. The Kier molecular flexibility index (Phi) is 5.97. The molecule has 150 valence electrons. The molecule has 0 atom stereocenters. The molecule has 0 bridgehead atoms. The molecule has 6 heteroatoms. The smallest absolute Gasteiger partial charge is 0.341 e. The summed E-state index contributed by atoms with van der Waals surface area (Å²) in [5.74, 6) is 0.215. The van der Waals surface area contributed by atoms with Gasteiger partial charge in [0.05, 0.1) is 30.3 Å². The number of nitrogens with zero attached hydrogens (tertiary/aromatic N) is 4. The van der Waals surface area contributed by atoms with Gasteiger partial charge in [0.1, 0.15) is 16.9 Å². The van der Waals surface area contributed by atoms with Crippen LogP contribution in [0.2, 0.25) is 0 Å². The third kappa shape index (κ3) is 4.45. The topological polar surface area (TPSA) is 80.8 Å². The fraction of sp³-hybridized carbons (Fsp3) is 0.391. The van der Waals surface area contributed by atoms with Crippen molar-refractivity contribution >= 4 is 17.0 Å². The van der Waals surface area contributed by atoms with E-state index in [4.69, 9.17) is 9.72 Å². The van der Waals surface area contributed by atoms with Crippen LogP contribution >= 0.6 is 0 Å². The Bertz CT molecular complexity index is 1060. The molecule has 0 unspecified atom stereocenters. The first kappa shape index (κ1) is 20.5. The maximum Gasteiger partial charge on any atom is 0.341 e. The van der Waals surface area contributed by atoms with Crippen LogP contribution in [0.3, 0.4) is 0 Å². The number of pyridine rings is 1. The molecule has 3 rings (SSSR count). The Hall–Kier alpha value is -3.20. The van der Waals surface area contributed by atoms with Gasteiger partial charge in [-0.15, -0.1) is 0 Å². The molecule has 2 aromatic heterocycles. The van der Waals surface area contributed by atoms with Gasteiger partial charge in [0.2, 0.25) is 0 Å². The number of ether oxygens (including phenoxy) is 1. The van der Waals surface area contributed by atoms with Gasteiger partial charge in [-0.3, -0.25) is 4.98 Å². The van der Waals surface area contributed by atoms with Crippen molar-refractivity contribution < 1.29 is 9.53 Å². The quantitative estimate of drug-likeness (QED) is 0.566. The number of aryl methyl sites for hydroxylation is 1. The van der Waals surface area contributed by atoms with Crippen molar-refractivity contribution in [1.29, 1.82) is 5.26 Å². The molecule has 0 saturated carbocycles. The van der Waals surface area contributed by atoms with Crippen LogP contribution in [-0.2, 0) is 17.7 Å². The lowest BCUT2D eigenvalue weighted by Gasteiger charge is -2.20. The molecular formula is C23H26N4O2. The molecule has 0 radical (unpaired) electrons. The first-order valence-electron chi connectivity index (χ1n) is 9.83. The number of aromatic nitrogens is 3. The summed E-state index contributed by atoms with van der Waals surface area (Å²) in [6, 6.07) is 11.9. The van der Waals surface area contributed by atoms with Gasteiger partial charge in [-0.1, -0.05) is 51.1 Å². The minimum absolute atomic E-state index is 0.0971. The van der Waals surface area contributed by atoms with Crippen molar-refractivity contribution in [2.24, 2.45) is 5.41 Å². The Balaban J connectivity index is 2.29. The van der Waals surface area contributed by atoms with Crippen LogP contribution in [0, 0.1) is 16.7 Å². The highest BCUT2D eigenvalue weighted by molar-refractivity contribution is 6.05. The number of nitriles is 1. The first-order chi connectivity index (χ1) is 13.9. The van der Waals surface area contributed by atoms with Crippen LogP contribution in [0.5, 0.6) is 0 Å². The molecule has 0 saturated heterocycles. The van der Waals surface area contributed by atoms with Crippen LogP contribution in [0.1, 0.15) is 50.3 Å². The predicted molar refractivity (Wildman–Crippen MR) is 112 cm³/mol. The second-order valence-corrected chi connectivity index (χ2v) is 8.13. The van der Waals surface area contributed by atoms with Gasteiger partial charge in [0, 0.05) is 18.3 Å². The Morgan fingerprint density at radius 3 is 2.59 bits per heavy atom.